The predicted octanol–water partition coefficient (Wildman–Crippen LogP) is 4.10. The average Bonchev–Trinajstić information content (AvgIpc) is 3.45. The van der Waals surface area contributed by atoms with E-state index in [1.54, 1.807) is 21.8 Å². The molecule has 5 rings (SSSR count). The molecule has 2 N–H and O–H groups in total. The summed E-state index contributed by atoms with van der Waals surface area (Å²) in [5.41, 5.74) is 12.9. The largest absolute Gasteiger partial charge is 0.363 e. The van der Waals surface area contributed by atoms with E-state index in [1.165, 1.54) is 0 Å². The molecule has 0 saturated heterocycles. The molecule has 0 atom stereocenters. The third-order valence-electron chi connectivity index (χ3n) is 5.10. The maximum Gasteiger partial charge on any atom is 0.216 e. The normalized spacial score (nSPS) is 11.1. The van der Waals surface area contributed by atoms with E-state index in [-0.39, 0.29) is 5.82 Å². The number of pyridine rings is 1. The van der Waals surface area contributed by atoms with Crippen molar-refractivity contribution in [1.82, 2.24) is 34.5 Å². The molecule has 0 radical (unpaired) electrons. The Hall–Kier alpha value is -4.47. The molecule has 0 aliphatic rings. The number of aryl methyl sites for hydroxylation is 2. The molecular formula is C22H20N10. The van der Waals surface area contributed by atoms with Crippen LogP contribution in [0.4, 0.5) is 11.6 Å². The van der Waals surface area contributed by atoms with Gasteiger partial charge in [0.05, 0.1) is 29.8 Å². The molecule has 0 saturated carbocycles. The standard InChI is InChI=1S/C22H20N10/c1-31-12-17(9-27-31)16-6-15-5-14(3-4-19(15)24-8-16)7-25-21-22(30-23)26-11-20(29-21)18-10-28-32(2)13-18/h3-6,8-13,23H,7H2,1-2H3,(H,25,29). The van der Waals surface area contributed by atoms with Crippen molar-refractivity contribution in [2.45, 2.75) is 6.54 Å². The van der Waals surface area contributed by atoms with Crippen LogP contribution in [0.5, 0.6) is 0 Å². The van der Waals surface area contributed by atoms with Gasteiger partial charge in [0.25, 0.3) is 0 Å². The molecular weight excluding hydrogens is 404 g/mol. The Morgan fingerprint density at radius 2 is 1.69 bits per heavy atom. The Bertz CT molecular complexity index is 1430. The van der Waals surface area contributed by atoms with E-state index in [0.717, 1.165) is 33.2 Å². The van der Waals surface area contributed by atoms with Crippen molar-refractivity contribution < 1.29 is 0 Å². The van der Waals surface area contributed by atoms with Crippen molar-refractivity contribution in [2.24, 2.45) is 19.2 Å². The summed E-state index contributed by atoms with van der Waals surface area (Å²) in [6.45, 7) is 0.501. The molecule has 10 heteroatoms. The van der Waals surface area contributed by atoms with Crippen LogP contribution < -0.4 is 5.32 Å². The Kier molecular flexibility index (Phi) is 4.86. The third-order valence-corrected chi connectivity index (χ3v) is 5.10. The highest BCUT2D eigenvalue weighted by Gasteiger charge is 2.10. The minimum Gasteiger partial charge on any atom is -0.363 e. The summed E-state index contributed by atoms with van der Waals surface area (Å²) < 4.78 is 3.48. The molecule has 0 unspecified atom stereocenters. The van der Waals surface area contributed by atoms with Gasteiger partial charge >= 0.3 is 0 Å². The lowest BCUT2D eigenvalue weighted by atomic mass is 10.1. The Morgan fingerprint density at radius 3 is 2.41 bits per heavy atom. The Morgan fingerprint density at radius 1 is 0.906 bits per heavy atom. The maximum absolute atomic E-state index is 7.41. The fourth-order valence-corrected chi connectivity index (χ4v) is 3.48. The smallest absolute Gasteiger partial charge is 0.216 e. The zero-order valence-corrected chi connectivity index (χ0v) is 17.6. The summed E-state index contributed by atoms with van der Waals surface area (Å²) in [4.78, 5) is 13.4. The molecule has 0 aliphatic heterocycles. The first-order chi connectivity index (χ1) is 15.6. The summed E-state index contributed by atoms with van der Waals surface area (Å²) in [6.07, 6.45) is 10.8. The summed E-state index contributed by atoms with van der Waals surface area (Å²) in [5.74, 6) is 0.683. The van der Waals surface area contributed by atoms with Crippen LogP contribution in [0.15, 0.2) is 66.6 Å². The summed E-state index contributed by atoms with van der Waals surface area (Å²) in [6, 6.07) is 8.20. The monoisotopic (exact) mass is 424 g/mol. The molecule has 32 heavy (non-hydrogen) atoms. The Balaban J connectivity index is 1.41. The zero-order valence-electron chi connectivity index (χ0n) is 17.6. The van der Waals surface area contributed by atoms with Gasteiger partial charge in [0.1, 0.15) is 0 Å². The van der Waals surface area contributed by atoms with Crippen molar-refractivity contribution in [2.75, 3.05) is 5.32 Å². The summed E-state index contributed by atoms with van der Waals surface area (Å²) in [5, 5.41) is 16.2. The molecule has 1 aromatic carbocycles. The van der Waals surface area contributed by atoms with Gasteiger partial charge in [-0.25, -0.2) is 15.5 Å². The fourth-order valence-electron chi connectivity index (χ4n) is 3.48. The van der Waals surface area contributed by atoms with Gasteiger partial charge in [-0.05, 0) is 23.8 Å². The van der Waals surface area contributed by atoms with E-state index in [1.807, 2.05) is 51.0 Å². The molecule has 0 amide bonds. The molecule has 10 nitrogen and oxygen atoms in total. The number of benzene rings is 1. The second-order valence-electron chi connectivity index (χ2n) is 7.45. The van der Waals surface area contributed by atoms with E-state index in [4.69, 9.17) is 5.53 Å². The highest BCUT2D eigenvalue weighted by Crippen LogP contribution is 2.26. The lowest BCUT2D eigenvalue weighted by molar-refractivity contribution is 0.768. The van der Waals surface area contributed by atoms with Crippen molar-refractivity contribution in [3.63, 3.8) is 0 Å². The molecule has 0 bridgehead atoms. The molecule has 0 aliphatic carbocycles. The Labute approximate surface area is 183 Å². The number of nitrogens with zero attached hydrogens (tertiary/aromatic N) is 8. The van der Waals surface area contributed by atoms with Gasteiger partial charge in [0, 0.05) is 61.3 Å². The van der Waals surface area contributed by atoms with Crippen molar-refractivity contribution in [1.29, 1.82) is 5.53 Å². The fraction of sp³-hybridized carbons (Fsp3) is 0.136. The third kappa shape index (κ3) is 3.81. The van der Waals surface area contributed by atoms with Crippen LogP contribution in [0.3, 0.4) is 0 Å². The number of hydrogen-bond donors (Lipinski definition) is 2. The number of anilines is 1. The number of aromatic nitrogens is 7. The zero-order chi connectivity index (χ0) is 22.1. The van der Waals surface area contributed by atoms with E-state index in [9.17, 15) is 0 Å². The lowest BCUT2D eigenvalue weighted by Crippen LogP contribution is -2.03. The number of rotatable bonds is 6. The van der Waals surface area contributed by atoms with Gasteiger partial charge in [0.2, 0.25) is 5.82 Å². The number of fused-ring (bicyclic) bond motifs is 1. The molecule has 4 heterocycles. The van der Waals surface area contributed by atoms with Gasteiger partial charge in [-0.2, -0.15) is 10.2 Å². The SMILES string of the molecule is Cn1cc(-c2cnc3ccc(CNc4nc(-c5cnn(C)c5)cnc4N=N)cc3c2)cn1. The first kappa shape index (κ1) is 19.5. The second-order valence-corrected chi connectivity index (χ2v) is 7.45. The molecule has 158 valence electrons. The van der Waals surface area contributed by atoms with Crippen molar-refractivity contribution >= 4 is 22.5 Å². The topological polar surface area (TPSA) is 123 Å². The lowest BCUT2D eigenvalue weighted by Gasteiger charge is -2.10. The van der Waals surface area contributed by atoms with Crippen LogP contribution in [0.1, 0.15) is 5.56 Å². The van der Waals surface area contributed by atoms with Crippen LogP contribution >= 0.6 is 0 Å². The first-order valence-electron chi connectivity index (χ1n) is 9.94. The predicted molar refractivity (Wildman–Crippen MR) is 120 cm³/mol. The molecule has 4 aromatic heterocycles. The van der Waals surface area contributed by atoms with Crippen LogP contribution in [0.25, 0.3) is 33.3 Å². The van der Waals surface area contributed by atoms with Gasteiger partial charge in [-0.3, -0.25) is 14.3 Å². The summed E-state index contributed by atoms with van der Waals surface area (Å²) >= 11 is 0. The minimum atomic E-state index is 0.235. The highest BCUT2D eigenvalue weighted by molar-refractivity contribution is 5.84. The van der Waals surface area contributed by atoms with E-state index < -0.39 is 0 Å². The van der Waals surface area contributed by atoms with Crippen LogP contribution in [-0.2, 0) is 20.6 Å². The number of nitrogens with one attached hydrogen (secondary N) is 2. The number of hydrogen-bond acceptors (Lipinski definition) is 8. The average molecular weight is 424 g/mol. The highest BCUT2D eigenvalue weighted by atomic mass is 15.2. The molecule has 0 spiro atoms. The summed E-state index contributed by atoms with van der Waals surface area (Å²) in [7, 11) is 3.74. The second kappa shape index (κ2) is 7.99. The molecule has 5 aromatic rings. The van der Waals surface area contributed by atoms with Crippen LogP contribution in [0.2, 0.25) is 0 Å². The van der Waals surface area contributed by atoms with Crippen molar-refractivity contribution in [3.05, 3.63) is 67.0 Å². The van der Waals surface area contributed by atoms with Crippen LogP contribution in [-0.4, -0.2) is 34.5 Å². The van der Waals surface area contributed by atoms with Gasteiger partial charge < -0.3 is 5.32 Å². The van der Waals surface area contributed by atoms with Crippen molar-refractivity contribution in [3.8, 4) is 22.4 Å². The minimum absolute atomic E-state index is 0.235. The van der Waals surface area contributed by atoms with E-state index in [0.29, 0.717) is 18.1 Å². The van der Waals surface area contributed by atoms with E-state index in [2.05, 4.69) is 47.7 Å². The van der Waals surface area contributed by atoms with E-state index >= 15 is 0 Å². The van der Waals surface area contributed by atoms with Gasteiger partial charge in [-0.1, -0.05) is 6.07 Å². The first-order valence-corrected chi connectivity index (χ1v) is 9.94. The maximum atomic E-state index is 7.41. The molecule has 0 fully saturated rings. The quantitative estimate of drug-likeness (QED) is 0.396. The van der Waals surface area contributed by atoms with Crippen LogP contribution in [0, 0.1) is 5.53 Å². The van der Waals surface area contributed by atoms with Gasteiger partial charge in [0.15, 0.2) is 5.82 Å². The van der Waals surface area contributed by atoms with Gasteiger partial charge in [-0.15, -0.1) is 5.11 Å².